The van der Waals surface area contributed by atoms with Crippen LogP contribution in [0.25, 0.3) is 99.8 Å². The van der Waals surface area contributed by atoms with Gasteiger partial charge in [0, 0.05) is 50.4 Å². The summed E-state index contributed by atoms with van der Waals surface area (Å²) >= 11 is 0. The Morgan fingerprint density at radius 1 is 0.466 bits per heavy atom. The fraction of sp³-hybridized carbons (Fsp3) is 0. The topological polar surface area (TPSA) is 70.9 Å². The van der Waals surface area contributed by atoms with E-state index in [0.717, 1.165) is 88.7 Å². The number of pyridine rings is 2. The number of para-hydroxylation sites is 5. The monoisotopic (exact) mass is 745 g/mol. The van der Waals surface area contributed by atoms with Crippen molar-refractivity contribution in [3.8, 4) is 45.6 Å². The van der Waals surface area contributed by atoms with E-state index in [9.17, 15) is 0 Å². The summed E-state index contributed by atoms with van der Waals surface area (Å²) in [5.74, 6) is 2.93. The first-order valence-electron chi connectivity index (χ1n) is 19.3. The zero-order chi connectivity index (χ0) is 38.2. The number of fused-ring (bicyclic) bond motifs is 9. The van der Waals surface area contributed by atoms with Gasteiger partial charge in [0.1, 0.15) is 34.4 Å². The van der Waals surface area contributed by atoms with Gasteiger partial charge in [0.15, 0.2) is 5.58 Å². The number of hydrogen-bond donors (Lipinski definition) is 0. The molecule has 0 radical (unpaired) electrons. The zero-order valence-corrected chi connectivity index (χ0v) is 31.0. The number of nitrogens with zero attached hydrogens (tertiary/aromatic N) is 5. The first kappa shape index (κ1) is 32.2. The molecule has 0 aliphatic heterocycles. The maximum Gasteiger partial charge on any atom is 0.162 e. The molecule has 0 N–H and O–H groups in total. The number of ether oxygens (including phenoxy) is 1. The second-order valence-electron chi connectivity index (χ2n) is 14.4. The quantitative estimate of drug-likeness (QED) is 0.169. The van der Waals surface area contributed by atoms with Gasteiger partial charge in [-0.1, -0.05) is 103 Å². The van der Waals surface area contributed by atoms with Gasteiger partial charge >= 0.3 is 0 Å². The van der Waals surface area contributed by atoms with Crippen LogP contribution >= 0.6 is 0 Å². The highest BCUT2D eigenvalue weighted by atomic mass is 16.5. The predicted molar refractivity (Wildman–Crippen MR) is 233 cm³/mol. The average Bonchev–Trinajstić information content (AvgIpc) is 3.97. The van der Waals surface area contributed by atoms with Gasteiger partial charge in [-0.05, 0) is 72.8 Å². The number of imidazole rings is 1. The second kappa shape index (κ2) is 12.8. The van der Waals surface area contributed by atoms with Crippen molar-refractivity contribution in [1.29, 1.82) is 0 Å². The number of benzene rings is 7. The van der Waals surface area contributed by atoms with Gasteiger partial charge < -0.3 is 9.15 Å². The fourth-order valence-electron chi connectivity index (χ4n) is 8.51. The highest BCUT2D eigenvalue weighted by molar-refractivity contribution is 6.23. The van der Waals surface area contributed by atoms with Crippen LogP contribution in [0.2, 0.25) is 0 Å². The van der Waals surface area contributed by atoms with Crippen LogP contribution < -0.4 is 4.74 Å². The smallest absolute Gasteiger partial charge is 0.162 e. The molecule has 272 valence electrons. The molecule has 0 saturated carbocycles. The Labute approximate surface area is 331 Å². The van der Waals surface area contributed by atoms with Crippen LogP contribution in [-0.4, -0.2) is 24.1 Å². The molecule has 0 fully saturated rings. The standard InChI is InChI=1S/C51H31N5O2/c1-3-15-32(16-4-1)48-50-47(38-20-7-9-21-41(38)53-48)39-29-35(30-40(49(39)58-50)51-54-42-22-10-12-24-44(42)55(51)33-17-5-2-6-18-33)57-34-26-27-37-36-19-8-11-23-43(36)56(45(37)31-34)46-25-13-14-28-52-46/h1-31H. The van der Waals surface area contributed by atoms with Crippen LogP contribution in [-0.2, 0) is 0 Å². The largest absolute Gasteiger partial charge is 0.457 e. The Kier molecular flexibility index (Phi) is 7.09. The van der Waals surface area contributed by atoms with Crippen LogP contribution in [0.15, 0.2) is 193 Å². The van der Waals surface area contributed by atoms with Gasteiger partial charge in [-0.15, -0.1) is 0 Å². The molecule has 12 rings (SSSR count). The van der Waals surface area contributed by atoms with Gasteiger partial charge in [0.2, 0.25) is 0 Å². The molecule has 7 heteroatoms. The number of hydrogen-bond acceptors (Lipinski definition) is 5. The predicted octanol–water partition coefficient (Wildman–Crippen LogP) is 13.1. The first-order chi connectivity index (χ1) is 28.8. The molecule has 58 heavy (non-hydrogen) atoms. The van der Waals surface area contributed by atoms with Gasteiger partial charge in [-0.25, -0.2) is 15.0 Å². The van der Waals surface area contributed by atoms with E-state index in [1.165, 1.54) is 0 Å². The molecule has 0 bridgehead atoms. The lowest BCUT2D eigenvalue weighted by molar-refractivity contribution is 0.484. The van der Waals surface area contributed by atoms with E-state index >= 15 is 0 Å². The van der Waals surface area contributed by atoms with E-state index < -0.39 is 0 Å². The summed E-state index contributed by atoms with van der Waals surface area (Å²) < 4.78 is 18.5. The molecule has 5 heterocycles. The zero-order valence-electron chi connectivity index (χ0n) is 31.0. The minimum atomic E-state index is 0.652. The molecule has 5 aromatic heterocycles. The van der Waals surface area contributed by atoms with E-state index in [-0.39, 0.29) is 0 Å². The Hall–Kier alpha value is -8.03. The Morgan fingerprint density at radius 3 is 2.00 bits per heavy atom. The van der Waals surface area contributed by atoms with E-state index in [1.54, 1.807) is 0 Å². The van der Waals surface area contributed by atoms with Crippen molar-refractivity contribution in [2.45, 2.75) is 0 Å². The molecule has 0 amide bonds. The molecular formula is C51H31N5O2. The Balaban J connectivity index is 1.15. The number of furan rings is 1. The molecule has 0 unspecified atom stereocenters. The lowest BCUT2D eigenvalue weighted by Gasteiger charge is -2.13. The molecule has 0 saturated heterocycles. The van der Waals surface area contributed by atoms with Crippen LogP contribution in [0, 0.1) is 0 Å². The van der Waals surface area contributed by atoms with Crippen molar-refractivity contribution in [3.63, 3.8) is 0 Å². The van der Waals surface area contributed by atoms with Gasteiger partial charge in [0.25, 0.3) is 0 Å². The fourth-order valence-corrected chi connectivity index (χ4v) is 8.51. The SMILES string of the molecule is c1ccc(-c2nc3ccccc3c3c2oc2c(-c4nc5ccccc5n4-c4ccccc4)cc(Oc4ccc5c6ccccc6n(-c6ccccn6)c5c4)cc23)cc1. The summed E-state index contributed by atoms with van der Waals surface area (Å²) in [7, 11) is 0. The van der Waals surface area contributed by atoms with Crippen molar-refractivity contribution in [3.05, 3.63) is 188 Å². The number of rotatable bonds is 6. The molecule has 7 aromatic carbocycles. The molecular weight excluding hydrogens is 715 g/mol. The van der Waals surface area contributed by atoms with Gasteiger partial charge in [-0.2, -0.15) is 0 Å². The maximum atomic E-state index is 7.10. The summed E-state index contributed by atoms with van der Waals surface area (Å²) in [5, 5.41) is 5.15. The molecule has 0 atom stereocenters. The Morgan fingerprint density at radius 2 is 1.17 bits per heavy atom. The lowest BCUT2D eigenvalue weighted by Crippen LogP contribution is -1.98. The second-order valence-corrected chi connectivity index (χ2v) is 14.4. The summed E-state index contributed by atoms with van der Waals surface area (Å²) in [6, 6.07) is 61.9. The van der Waals surface area contributed by atoms with Crippen molar-refractivity contribution < 1.29 is 9.15 Å². The minimum absolute atomic E-state index is 0.652. The van der Waals surface area contributed by atoms with Crippen LogP contribution in [0.1, 0.15) is 0 Å². The summed E-state index contributed by atoms with van der Waals surface area (Å²) in [6.45, 7) is 0. The Bertz CT molecular complexity index is 3530. The van der Waals surface area contributed by atoms with Crippen molar-refractivity contribution in [2.24, 2.45) is 0 Å². The third-order valence-electron chi connectivity index (χ3n) is 11.0. The van der Waals surface area contributed by atoms with E-state index in [2.05, 4.69) is 124 Å². The first-order valence-corrected chi connectivity index (χ1v) is 19.3. The van der Waals surface area contributed by atoms with Gasteiger partial charge in [0.05, 0.1) is 33.1 Å². The highest BCUT2D eigenvalue weighted by Crippen LogP contribution is 2.46. The molecule has 7 nitrogen and oxygen atoms in total. The van der Waals surface area contributed by atoms with Crippen LogP contribution in [0.4, 0.5) is 0 Å². The van der Waals surface area contributed by atoms with Crippen molar-refractivity contribution in [1.82, 2.24) is 24.1 Å². The molecule has 0 spiro atoms. The third-order valence-corrected chi connectivity index (χ3v) is 11.0. The molecule has 0 aliphatic rings. The maximum absolute atomic E-state index is 7.10. The van der Waals surface area contributed by atoms with E-state index in [0.29, 0.717) is 22.7 Å². The van der Waals surface area contributed by atoms with E-state index in [4.69, 9.17) is 24.1 Å². The summed E-state index contributed by atoms with van der Waals surface area (Å²) in [4.78, 5) is 15.2. The third kappa shape index (κ3) is 4.97. The van der Waals surface area contributed by atoms with Crippen LogP contribution in [0.5, 0.6) is 11.5 Å². The highest BCUT2D eigenvalue weighted by Gasteiger charge is 2.25. The average molecular weight is 746 g/mol. The molecule has 0 aliphatic carbocycles. The summed E-state index contributed by atoms with van der Waals surface area (Å²) in [6.07, 6.45) is 1.83. The van der Waals surface area contributed by atoms with Crippen LogP contribution in [0.3, 0.4) is 0 Å². The lowest BCUT2D eigenvalue weighted by atomic mass is 10.0. The minimum Gasteiger partial charge on any atom is -0.457 e. The van der Waals surface area contributed by atoms with E-state index in [1.807, 2.05) is 72.9 Å². The van der Waals surface area contributed by atoms with Crippen molar-refractivity contribution in [2.75, 3.05) is 0 Å². The van der Waals surface area contributed by atoms with Crippen molar-refractivity contribution >= 4 is 65.7 Å². The normalized spacial score (nSPS) is 11.8. The summed E-state index contributed by atoms with van der Waals surface area (Å²) in [5.41, 5.74) is 9.80. The van der Waals surface area contributed by atoms with Gasteiger partial charge in [-0.3, -0.25) is 9.13 Å². The number of aromatic nitrogens is 5. The molecule has 12 aromatic rings.